The van der Waals surface area contributed by atoms with E-state index in [4.69, 9.17) is 5.26 Å². The van der Waals surface area contributed by atoms with Crippen molar-refractivity contribution in [2.24, 2.45) is 4.99 Å². The summed E-state index contributed by atoms with van der Waals surface area (Å²) in [5, 5.41) is 8.97. The van der Waals surface area contributed by atoms with Gasteiger partial charge in [-0.2, -0.15) is 5.26 Å². The monoisotopic (exact) mass is 246 g/mol. The van der Waals surface area contributed by atoms with Gasteiger partial charge in [0.05, 0.1) is 11.6 Å². The highest BCUT2D eigenvalue weighted by Crippen LogP contribution is 2.37. The average Bonchev–Trinajstić information content (AvgIpc) is 2.72. The van der Waals surface area contributed by atoms with Crippen molar-refractivity contribution in [1.82, 2.24) is 0 Å². The van der Waals surface area contributed by atoms with E-state index in [9.17, 15) is 4.79 Å². The number of benzene rings is 2. The summed E-state index contributed by atoms with van der Waals surface area (Å²) < 4.78 is 0. The Balaban J connectivity index is 2.27. The Hall–Kier alpha value is -2.73. The van der Waals surface area contributed by atoms with Gasteiger partial charge in [-0.15, -0.1) is 0 Å². The van der Waals surface area contributed by atoms with Gasteiger partial charge in [-0.3, -0.25) is 9.79 Å². The van der Waals surface area contributed by atoms with E-state index < -0.39 is 0 Å². The van der Waals surface area contributed by atoms with Crippen molar-refractivity contribution >= 4 is 12.0 Å². The van der Waals surface area contributed by atoms with E-state index in [2.05, 4.69) is 11.1 Å². The number of hydrogen-bond acceptors (Lipinski definition) is 3. The molecule has 1 aliphatic carbocycles. The van der Waals surface area contributed by atoms with Gasteiger partial charge in [0.15, 0.2) is 5.78 Å². The van der Waals surface area contributed by atoms with Gasteiger partial charge >= 0.3 is 0 Å². The standard InChI is InChI=1S/C16H10N2O/c1-18-9-11-3-5-13-15(7-11)14-6-10(8-17)2-4-12(14)16(13)19/h2-7,9H,1H3. The number of rotatable bonds is 1. The molecule has 0 aromatic heterocycles. The molecule has 0 radical (unpaired) electrons. The van der Waals surface area contributed by atoms with Crippen molar-refractivity contribution in [1.29, 1.82) is 5.26 Å². The van der Waals surface area contributed by atoms with Crippen LogP contribution in [0.5, 0.6) is 0 Å². The number of nitriles is 1. The van der Waals surface area contributed by atoms with Crippen molar-refractivity contribution < 1.29 is 4.79 Å². The van der Waals surface area contributed by atoms with Crippen molar-refractivity contribution in [3.63, 3.8) is 0 Å². The van der Waals surface area contributed by atoms with Crippen LogP contribution in [0.1, 0.15) is 27.0 Å². The van der Waals surface area contributed by atoms with Gasteiger partial charge in [0.1, 0.15) is 0 Å². The van der Waals surface area contributed by atoms with Crippen LogP contribution in [-0.4, -0.2) is 19.0 Å². The highest BCUT2D eigenvalue weighted by atomic mass is 16.1. The Kier molecular flexibility index (Phi) is 2.50. The van der Waals surface area contributed by atoms with E-state index in [1.54, 1.807) is 31.5 Å². The maximum atomic E-state index is 12.2. The lowest BCUT2D eigenvalue weighted by Gasteiger charge is -2.01. The van der Waals surface area contributed by atoms with Crippen LogP contribution >= 0.6 is 0 Å². The summed E-state index contributed by atoms with van der Waals surface area (Å²) in [7, 11) is 1.71. The van der Waals surface area contributed by atoms with Crippen LogP contribution in [0.25, 0.3) is 11.1 Å². The first kappa shape index (κ1) is 11.4. The lowest BCUT2D eigenvalue weighted by atomic mass is 10.0. The quantitative estimate of drug-likeness (QED) is 0.620. The van der Waals surface area contributed by atoms with Crippen molar-refractivity contribution in [3.8, 4) is 17.2 Å². The number of ketones is 1. The summed E-state index contributed by atoms with van der Waals surface area (Å²) in [6, 6.07) is 12.9. The summed E-state index contributed by atoms with van der Waals surface area (Å²) in [4.78, 5) is 16.2. The first-order valence-electron chi connectivity index (χ1n) is 5.90. The van der Waals surface area contributed by atoms with Crippen LogP contribution in [0.4, 0.5) is 0 Å². The minimum atomic E-state index is 0.0227. The molecule has 1 aliphatic rings. The Morgan fingerprint density at radius 2 is 1.74 bits per heavy atom. The van der Waals surface area contributed by atoms with Gasteiger partial charge in [0, 0.05) is 24.4 Å². The molecule has 0 spiro atoms. The molecule has 3 heteroatoms. The fourth-order valence-electron chi connectivity index (χ4n) is 2.39. The number of hydrogen-bond donors (Lipinski definition) is 0. The average molecular weight is 246 g/mol. The summed E-state index contributed by atoms with van der Waals surface area (Å²) >= 11 is 0. The Labute approximate surface area is 110 Å². The van der Waals surface area contributed by atoms with Gasteiger partial charge in [-0.25, -0.2) is 0 Å². The van der Waals surface area contributed by atoms with E-state index in [1.807, 2.05) is 18.2 Å². The minimum Gasteiger partial charge on any atom is -0.296 e. The second kappa shape index (κ2) is 4.18. The lowest BCUT2D eigenvalue weighted by molar-refractivity contribution is 0.104. The molecule has 0 saturated heterocycles. The molecule has 0 saturated carbocycles. The first-order valence-corrected chi connectivity index (χ1v) is 5.90. The normalized spacial score (nSPS) is 12.3. The van der Waals surface area contributed by atoms with Crippen molar-refractivity contribution in [2.45, 2.75) is 0 Å². The summed E-state index contributed by atoms with van der Waals surface area (Å²) in [5.74, 6) is 0.0227. The molecule has 0 amide bonds. The van der Waals surface area contributed by atoms with Gasteiger partial charge in [0.2, 0.25) is 0 Å². The van der Waals surface area contributed by atoms with E-state index in [1.165, 1.54) is 0 Å². The highest BCUT2D eigenvalue weighted by Gasteiger charge is 2.26. The third-order valence-corrected chi connectivity index (χ3v) is 3.25. The molecule has 3 nitrogen and oxygen atoms in total. The number of fused-ring (bicyclic) bond motifs is 3. The molecule has 0 heterocycles. The van der Waals surface area contributed by atoms with Gasteiger partial charge < -0.3 is 0 Å². The molecule has 2 aromatic rings. The van der Waals surface area contributed by atoms with Crippen LogP contribution in [0, 0.1) is 11.3 Å². The maximum absolute atomic E-state index is 12.2. The van der Waals surface area contributed by atoms with Gasteiger partial charge in [-0.1, -0.05) is 6.07 Å². The zero-order valence-electron chi connectivity index (χ0n) is 10.3. The SMILES string of the molecule is CN=Cc1ccc2c(c1)-c1cc(C#N)ccc1C2=O. The molecule has 19 heavy (non-hydrogen) atoms. The van der Waals surface area contributed by atoms with Crippen LogP contribution in [0.15, 0.2) is 41.4 Å². The molecule has 0 atom stereocenters. The van der Waals surface area contributed by atoms with Crippen LogP contribution in [0.2, 0.25) is 0 Å². The Morgan fingerprint density at radius 1 is 1.05 bits per heavy atom. The molecule has 3 rings (SSSR count). The lowest BCUT2D eigenvalue weighted by Crippen LogP contribution is -1.95. The summed E-state index contributed by atoms with van der Waals surface area (Å²) in [6.07, 6.45) is 1.75. The summed E-state index contributed by atoms with van der Waals surface area (Å²) in [5.41, 5.74) is 4.59. The predicted molar refractivity (Wildman–Crippen MR) is 73.5 cm³/mol. The molecule has 0 N–H and O–H groups in total. The van der Waals surface area contributed by atoms with Crippen molar-refractivity contribution in [3.05, 3.63) is 58.7 Å². The third-order valence-electron chi connectivity index (χ3n) is 3.25. The zero-order chi connectivity index (χ0) is 13.4. The van der Waals surface area contributed by atoms with Gasteiger partial charge in [0.25, 0.3) is 0 Å². The minimum absolute atomic E-state index is 0.0227. The molecule has 0 fully saturated rings. The van der Waals surface area contributed by atoms with Crippen LogP contribution < -0.4 is 0 Å². The molecule has 2 aromatic carbocycles. The second-order valence-electron chi connectivity index (χ2n) is 4.39. The van der Waals surface area contributed by atoms with Crippen LogP contribution in [-0.2, 0) is 0 Å². The molecule has 0 bridgehead atoms. The largest absolute Gasteiger partial charge is 0.296 e. The molecule has 0 unspecified atom stereocenters. The predicted octanol–water partition coefficient (Wildman–Crippen LogP) is 2.82. The van der Waals surface area contributed by atoms with E-state index in [0.29, 0.717) is 16.7 Å². The zero-order valence-corrected chi connectivity index (χ0v) is 10.3. The molecule has 0 aliphatic heterocycles. The van der Waals surface area contributed by atoms with E-state index >= 15 is 0 Å². The van der Waals surface area contributed by atoms with E-state index in [-0.39, 0.29) is 5.78 Å². The number of aliphatic imine (C=N–C) groups is 1. The summed E-state index contributed by atoms with van der Waals surface area (Å²) in [6.45, 7) is 0. The Morgan fingerprint density at radius 3 is 2.42 bits per heavy atom. The Bertz CT molecular complexity index is 767. The number of nitrogens with zero attached hydrogens (tertiary/aromatic N) is 2. The third kappa shape index (κ3) is 1.66. The fraction of sp³-hybridized carbons (Fsp3) is 0.0625. The smallest absolute Gasteiger partial charge is 0.194 e. The van der Waals surface area contributed by atoms with Gasteiger partial charge in [-0.05, 0) is 47.0 Å². The fourth-order valence-corrected chi connectivity index (χ4v) is 2.39. The molecule has 90 valence electrons. The second-order valence-corrected chi connectivity index (χ2v) is 4.39. The first-order chi connectivity index (χ1) is 9.24. The topological polar surface area (TPSA) is 53.2 Å². The van der Waals surface area contributed by atoms with Crippen LogP contribution in [0.3, 0.4) is 0 Å². The van der Waals surface area contributed by atoms with Crippen molar-refractivity contribution in [2.75, 3.05) is 7.05 Å². The number of carbonyl (C=O) groups is 1. The molecular formula is C16H10N2O. The maximum Gasteiger partial charge on any atom is 0.194 e. The molecular weight excluding hydrogens is 236 g/mol. The highest BCUT2D eigenvalue weighted by molar-refractivity contribution is 6.22. The number of carbonyl (C=O) groups excluding carboxylic acids is 1. The van der Waals surface area contributed by atoms with E-state index in [0.717, 1.165) is 16.7 Å².